The number of aromatic nitrogens is 1. The molecule has 2 N–H and O–H groups in total. The van der Waals surface area contributed by atoms with Gasteiger partial charge in [-0.3, -0.25) is 0 Å². The highest BCUT2D eigenvalue weighted by Crippen LogP contribution is 2.20. The number of nitrogens with zero attached hydrogens (tertiary/aromatic N) is 1. The summed E-state index contributed by atoms with van der Waals surface area (Å²) in [5.74, 6) is 0.694. The zero-order valence-electron chi connectivity index (χ0n) is 11.6. The summed E-state index contributed by atoms with van der Waals surface area (Å²) >= 11 is 0. The molecule has 20 heavy (non-hydrogen) atoms. The average Bonchev–Trinajstić information content (AvgIpc) is 2.85. The minimum atomic E-state index is 0.694. The molecule has 0 spiro atoms. The lowest BCUT2D eigenvalue weighted by molar-refractivity contribution is 0.561. The molecule has 1 aromatic heterocycles. The summed E-state index contributed by atoms with van der Waals surface area (Å²) in [6, 6.07) is 14.3. The van der Waals surface area contributed by atoms with E-state index in [-0.39, 0.29) is 0 Å². The molecular weight excluding hydrogens is 250 g/mol. The summed E-state index contributed by atoms with van der Waals surface area (Å²) in [5, 5.41) is 6.50. The third-order valence-corrected chi connectivity index (χ3v) is 3.23. The summed E-state index contributed by atoms with van der Waals surface area (Å²) in [5.41, 5.74) is 5.10. The van der Waals surface area contributed by atoms with Gasteiger partial charge in [0.05, 0.1) is 0 Å². The first kappa shape index (κ1) is 12.5. The van der Waals surface area contributed by atoms with E-state index in [1.54, 1.807) is 0 Å². The largest absolute Gasteiger partial charge is 0.441 e. The normalized spacial score (nSPS) is 10.7. The number of hydrogen-bond acceptors (Lipinski definition) is 4. The van der Waals surface area contributed by atoms with Gasteiger partial charge in [-0.1, -0.05) is 12.1 Å². The van der Waals surface area contributed by atoms with Crippen molar-refractivity contribution >= 4 is 22.5 Å². The second-order valence-electron chi connectivity index (χ2n) is 4.72. The Morgan fingerprint density at radius 2 is 1.80 bits per heavy atom. The predicted molar refractivity (Wildman–Crippen MR) is 82.1 cm³/mol. The van der Waals surface area contributed by atoms with Crippen LogP contribution in [0.2, 0.25) is 0 Å². The summed E-state index contributed by atoms with van der Waals surface area (Å²) in [6.07, 6.45) is 0. The lowest BCUT2D eigenvalue weighted by Crippen LogP contribution is -1.99. The topological polar surface area (TPSA) is 50.1 Å². The number of benzene rings is 2. The molecule has 0 bridgehead atoms. The molecule has 0 unspecified atom stereocenters. The van der Waals surface area contributed by atoms with Crippen molar-refractivity contribution in [2.24, 2.45) is 0 Å². The van der Waals surface area contributed by atoms with Crippen molar-refractivity contribution in [1.82, 2.24) is 4.98 Å². The van der Waals surface area contributed by atoms with Crippen LogP contribution in [-0.4, -0.2) is 12.0 Å². The first-order chi connectivity index (χ1) is 9.74. The van der Waals surface area contributed by atoms with Gasteiger partial charge in [0, 0.05) is 38.0 Å². The fourth-order valence-electron chi connectivity index (χ4n) is 2.14. The summed E-state index contributed by atoms with van der Waals surface area (Å²) in [4.78, 5) is 4.29. The Labute approximate surface area is 117 Å². The van der Waals surface area contributed by atoms with E-state index in [1.807, 2.05) is 32.2 Å². The van der Waals surface area contributed by atoms with Crippen LogP contribution in [0.3, 0.4) is 0 Å². The Balaban J connectivity index is 1.72. The summed E-state index contributed by atoms with van der Waals surface area (Å²) in [7, 11) is 1.92. The minimum absolute atomic E-state index is 0.694. The predicted octanol–water partition coefficient (Wildman–Crippen LogP) is 3.79. The molecule has 0 aliphatic carbocycles. The highest BCUT2D eigenvalue weighted by atomic mass is 16.3. The number of rotatable bonds is 4. The van der Waals surface area contributed by atoms with E-state index in [0.717, 1.165) is 29.0 Å². The van der Waals surface area contributed by atoms with Crippen LogP contribution in [0.25, 0.3) is 11.1 Å². The SMILES string of the molecule is CNc1ccc(CNc2ccc3nc(C)oc3c2)cc1. The van der Waals surface area contributed by atoms with Crippen molar-refractivity contribution in [2.45, 2.75) is 13.5 Å². The van der Waals surface area contributed by atoms with Crippen LogP contribution in [0.1, 0.15) is 11.5 Å². The van der Waals surface area contributed by atoms with E-state index in [0.29, 0.717) is 5.89 Å². The van der Waals surface area contributed by atoms with E-state index in [4.69, 9.17) is 4.42 Å². The van der Waals surface area contributed by atoms with Gasteiger partial charge in [-0.2, -0.15) is 0 Å². The van der Waals surface area contributed by atoms with E-state index in [9.17, 15) is 0 Å². The Hall–Kier alpha value is -2.49. The van der Waals surface area contributed by atoms with E-state index in [1.165, 1.54) is 5.56 Å². The maximum atomic E-state index is 5.53. The number of nitrogens with one attached hydrogen (secondary N) is 2. The summed E-state index contributed by atoms with van der Waals surface area (Å²) in [6.45, 7) is 2.64. The van der Waals surface area contributed by atoms with E-state index in [2.05, 4.69) is 39.9 Å². The van der Waals surface area contributed by atoms with Gasteiger partial charge < -0.3 is 15.1 Å². The van der Waals surface area contributed by atoms with Gasteiger partial charge in [-0.05, 0) is 29.8 Å². The van der Waals surface area contributed by atoms with Crippen molar-refractivity contribution in [2.75, 3.05) is 17.7 Å². The highest BCUT2D eigenvalue weighted by Gasteiger charge is 2.03. The van der Waals surface area contributed by atoms with Gasteiger partial charge in [0.1, 0.15) is 5.52 Å². The van der Waals surface area contributed by atoms with Crippen LogP contribution in [0.4, 0.5) is 11.4 Å². The van der Waals surface area contributed by atoms with Crippen LogP contribution in [-0.2, 0) is 6.54 Å². The highest BCUT2D eigenvalue weighted by molar-refractivity contribution is 5.77. The fourth-order valence-corrected chi connectivity index (χ4v) is 2.14. The molecular formula is C16H17N3O. The number of fused-ring (bicyclic) bond motifs is 1. The lowest BCUT2D eigenvalue weighted by Gasteiger charge is -2.07. The fraction of sp³-hybridized carbons (Fsp3) is 0.188. The third-order valence-electron chi connectivity index (χ3n) is 3.23. The van der Waals surface area contributed by atoms with Crippen molar-refractivity contribution in [3.63, 3.8) is 0 Å². The van der Waals surface area contributed by atoms with Crippen molar-refractivity contribution < 1.29 is 4.42 Å². The molecule has 0 aliphatic heterocycles. The smallest absolute Gasteiger partial charge is 0.192 e. The van der Waals surface area contributed by atoms with Gasteiger partial charge in [0.25, 0.3) is 0 Å². The molecule has 4 nitrogen and oxygen atoms in total. The van der Waals surface area contributed by atoms with Gasteiger partial charge in [-0.15, -0.1) is 0 Å². The molecule has 2 aromatic carbocycles. The number of oxazole rings is 1. The molecule has 3 rings (SSSR count). The standard InChI is InChI=1S/C16H17N3O/c1-11-19-15-8-7-14(9-16(15)20-11)18-10-12-3-5-13(17-2)6-4-12/h3-9,17-18H,10H2,1-2H3. The van der Waals surface area contributed by atoms with Crippen molar-refractivity contribution in [3.05, 3.63) is 53.9 Å². The average molecular weight is 267 g/mol. The maximum absolute atomic E-state index is 5.53. The van der Waals surface area contributed by atoms with E-state index >= 15 is 0 Å². The first-order valence-corrected chi connectivity index (χ1v) is 6.62. The number of hydrogen-bond donors (Lipinski definition) is 2. The second kappa shape index (κ2) is 5.25. The van der Waals surface area contributed by atoms with Crippen LogP contribution in [0.5, 0.6) is 0 Å². The van der Waals surface area contributed by atoms with Crippen LogP contribution >= 0.6 is 0 Å². The van der Waals surface area contributed by atoms with Gasteiger partial charge in [0.2, 0.25) is 0 Å². The number of anilines is 2. The summed E-state index contributed by atoms with van der Waals surface area (Å²) < 4.78 is 5.53. The first-order valence-electron chi connectivity index (χ1n) is 6.62. The van der Waals surface area contributed by atoms with Crippen molar-refractivity contribution in [1.29, 1.82) is 0 Å². The van der Waals surface area contributed by atoms with E-state index < -0.39 is 0 Å². The Kier molecular flexibility index (Phi) is 3.29. The lowest BCUT2D eigenvalue weighted by atomic mass is 10.2. The van der Waals surface area contributed by atoms with Gasteiger partial charge in [0.15, 0.2) is 11.5 Å². The molecule has 0 saturated carbocycles. The second-order valence-corrected chi connectivity index (χ2v) is 4.72. The monoisotopic (exact) mass is 267 g/mol. The Morgan fingerprint density at radius 3 is 2.55 bits per heavy atom. The quantitative estimate of drug-likeness (QED) is 0.755. The van der Waals surface area contributed by atoms with Crippen LogP contribution in [0, 0.1) is 6.92 Å². The molecule has 0 radical (unpaired) electrons. The molecule has 4 heteroatoms. The number of aryl methyl sites for hydroxylation is 1. The van der Waals surface area contributed by atoms with Gasteiger partial charge >= 0.3 is 0 Å². The molecule has 102 valence electrons. The zero-order valence-corrected chi connectivity index (χ0v) is 11.6. The molecule has 0 amide bonds. The minimum Gasteiger partial charge on any atom is -0.441 e. The van der Waals surface area contributed by atoms with Crippen LogP contribution in [0.15, 0.2) is 46.9 Å². The Bertz CT molecular complexity index is 716. The molecule has 0 atom stereocenters. The molecule has 0 aliphatic rings. The maximum Gasteiger partial charge on any atom is 0.192 e. The van der Waals surface area contributed by atoms with Gasteiger partial charge in [-0.25, -0.2) is 4.98 Å². The molecule has 1 heterocycles. The zero-order chi connectivity index (χ0) is 13.9. The van der Waals surface area contributed by atoms with Crippen molar-refractivity contribution in [3.8, 4) is 0 Å². The third kappa shape index (κ3) is 2.59. The van der Waals surface area contributed by atoms with Crippen LogP contribution < -0.4 is 10.6 Å². The molecule has 0 fully saturated rings. The Morgan fingerprint density at radius 1 is 1.05 bits per heavy atom. The molecule has 3 aromatic rings. The molecule has 0 saturated heterocycles.